The highest BCUT2D eigenvalue weighted by atomic mass is 35.5. The number of nitrogens with zero attached hydrogens (tertiary/aromatic N) is 2. The molecular formula is C24H35ClN4O2. The van der Waals surface area contributed by atoms with E-state index in [9.17, 15) is 9.59 Å². The lowest BCUT2D eigenvalue weighted by atomic mass is 9.88. The van der Waals surface area contributed by atoms with E-state index in [1.807, 2.05) is 18.2 Å². The molecule has 1 aliphatic carbocycles. The molecule has 7 heteroatoms. The number of rotatable bonds is 7. The molecule has 2 N–H and O–H groups in total. The molecule has 0 radical (unpaired) electrons. The van der Waals surface area contributed by atoms with Gasteiger partial charge >= 0.3 is 0 Å². The predicted octanol–water partition coefficient (Wildman–Crippen LogP) is 4.90. The summed E-state index contributed by atoms with van der Waals surface area (Å²) in [6.45, 7) is 4.38. The van der Waals surface area contributed by atoms with Gasteiger partial charge in [0.2, 0.25) is 5.91 Å². The maximum atomic E-state index is 12.5. The number of carbonyl (C=O) groups excluding carboxylic acids is 2. The maximum Gasteiger partial charge on any atom is 0.271 e. The number of aryl methyl sites for hydroxylation is 1. The van der Waals surface area contributed by atoms with E-state index in [0.29, 0.717) is 11.6 Å². The zero-order valence-corrected chi connectivity index (χ0v) is 19.8. The Morgan fingerprint density at radius 3 is 2.39 bits per heavy atom. The van der Waals surface area contributed by atoms with Crippen molar-refractivity contribution in [2.45, 2.75) is 58.4 Å². The number of hydrogen-bond acceptors (Lipinski definition) is 3. The fraction of sp³-hybridized carbons (Fsp3) is 0.542. The van der Waals surface area contributed by atoms with Crippen molar-refractivity contribution in [1.29, 1.82) is 0 Å². The lowest BCUT2D eigenvalue weighted by molar-refractivity contribution is -0.126. The van der Waals surface area contributed by atoms with Crippen molar-refractivity contribution >= 4 is 23.4 Å². The molecule has 0 spiro atoms. The van der Waals surface area contributed by atoms with Gasteiger partial charge in [0, 0.05) is 31.2 Å². The fourth-order valence-electron chi connectivity index (χ4n) is 4.06. The van der Waals surface area contributed by atoms with E-state index in [0.717, 1.165) is 36.3 Å². The van der Waals surface area contributed by atoms with E-state index in [1.54, 1.807) is 31.0 Å². The molecule has 0 aliphatic heterocycles. The standard InChI is InChI=1S/C18H26ClNO.C6H9N3O/c1-3-13(4-2)17(15-10-7-11-16(19)12-15)20-18(21)14-8-5-6-9-14;1-7-6(10)5-3-4-9(2)8-5/h7,10-14,17H,3-6,8-9H2,1-2H3,(H,20,21);3-4H,1-2H3,(H,7,10). The molecule has 0 bridgehead atoms. The predicted molar refractivity (Wildman–Crippen MR) is 125 cm³/mol. The summed E-state index contributed by atoms with van der Waals surface area (Å²) >= 11 is 6.13. The number of amides is 2. The first kappa shape index (κ1) is 24.9. The minimum atomic E-state index is -0.152. The van der Waals surface area contributed by atoms with Gasteiger partial charge in [-0.3, -0.25) is 14.3 Å². The lowest BCUT2D eigenvalue weighted by Crippen LogP contribution is -2.36. The van der Waals surface area contributed by atoms with Crippen molar-refractivity contribution in [3.63, 3.8) is 0 Å². The second-order valence-corrected chi connectivity index (χ2v) is 8.49. The Balaban J connectivity index is 0.000000285. The average molecular weight is 447 g/mol. The highest BCUT2D eigenvalue weighted by Crippen LogP contribution is 2.31. The molecule has 31 heavy (non-hydrogen) atoms. The SMILES string of the molecule is CCC(CC)C(NC(=O)C1CCCC1)c1cccc(Cl)c1.CNC(=O)c1ccn(C)n1. The van der Waals surface area contributed by atoms with Gasteiger partial charge < -0.3 is 10.6 Å². The van der Waals surface area contributed by atoms with Crippen LogP contribution in [0.5, 0.6) is 0 Å². The third-order valence-electron chi connectivity index (χ3n) is 5.92. The van der Waals surface area contributed by atoms with Crippen LogP contribution in [0.1, 0.15) is 74.5 Å². The van der Waals surface area contributed by atoms with Crippen molar-refractivity contribution in [3.05, 3.63) is 52.8 Å². The summed E-state index contributed by atoms with van der Waals surface area (Å²) in [5.41, 5.74) is 1.58. The molecule has 1 fully saturated rings. The van der Waals surface area contributed by atoms with Crippen LogP contribution < -0.4 is 10.6 Å². The van der Waals surface area contributed by atoms with Gasteiger partial charge in [0.15, 0.2) is 0 Å². The highest BCUT2D eigenvalue weighted by molar-refractivity contribution is 6.30. The minimum absolute atomic E-state index is 0.0757. The fourth-order valence-corrected chi connectivity index (χ4v) is 4.26. The molecule has 1 aliphatic rings. The monoisotopic (exact) mass is 446 g/mol. The summed E-state index contributed by atoms with van der Waals surface area (Å²) in [6.07, 6.45) is 8.28. The van der Waals surface area contributed by atoms with Crippen molar-refractivity contribution in [2.75, 3.05) is 7.05 Å². The van der Waals surface area contributed by atoms with Gasteiger partial charge in [0.1, 0.15) is 5.69 Å². The van der Waals surface area contributed by atoms with Crippen molar-refractivity contribution in [1.82, 2.24) is 20.4 Å². The Morgan fingerprint density at radius 1 is 1.19 bits per heavy atom. The van der Waals surface area contributed by atoms with E-state index in [-0.39, 0.29) is 23.8 Å². The summed E-state index contributed by atoms with van der Waals surface area (Å²) in [5.74, 6) is 0.736. The molecule has 1 heterocycles. The first-order valence-corrected chi connectivity index (χ1v) is 11.5. The van der Waals surface area contributed by atoms with Crippen LogP contribution in [-0.2, 0) is 11.8 Å². The van der Waals surface area contributed by atoms with E-state index in [2.05, 4.69) is 35.6 Å². The van der Waals surface area contributed by atoms with E-state index in [4.69, 9.17) is 11.6 Å². The van der Waals surface area contributed by atoms with Gasteiger partial charge in [-0.1, -0.05) is 63.3 Å². The summed E-state index contributed by atoms with van der Waals surface area (Å²) < 4.78 is 1.59. The second kappa shape index (κ2) is 12.5. The Hall–Kier alpha value is -2.34. The van der Waals surface area contributed by atoms with Crippen molar-refractivity contribution < 1.29 is 9.59 Å². The van der Waals surface area contributed by atoms with Crippen LogP contribution >= 0.6 is 11.6 Å². The van der Waals surface area contributed by atoms with Gasteiger partial charge in [-0.15, -0.1) is 0 Å². The molecule has 1 aromatic carbocycles. The number of benzene rings is 1. The summed E-state index contributed by atoms with van der Waals surface area (Å²) in [4.78, 5) is 23.3. The average Bonchev–Trinajstić information content (AvgIpc) is 3.46. The zero-order valence-electron chi connectivity index (χ0n) is 19.0. The molecule has 2 aromatic rings. The molecule has 1 unspecified atom stereocenters. The van der Waals surface area contributed by atoms with Crippen LogP contribution in [-0.4, -0.2) is 28.6 Å². The van der Waals surface area contributed by atoms with Crippen LogP contribution in [0.25, 0.3) is 0 Å². The number of hydrogen-bond donors (Lipinski definition) is 2. The first-order valence-electron chi connectivity index (χ1n) is 11.2. The number of carbonyl (C=O) groups is 2. The zero-order chi connectivity index (χ0) is 22.8. The van der Waals surface area contributed by atoms with Gasteiger partial charge in [0.25, 0.3) is 5.91 Å². The molecule has 6 nitrogen and oxygen atoms in total. The van der Waals surface area contributed by atoms with E-state index < -0.39 is 0 Å². The Labute approximate surface area is 190 Å². The third kappa shape index (κ3) is 7.39. The molecule has 1 atom stereocenters. The smallest absolute Gasteiger partial charge is 0.271 e. The van der Waals surface area contributed by atoms with Crippen molar-refractivity contribution in [3.8, 4) is 0 Å². The molecule has 1 saturated carbocycles. The molecule has 2 amide bonds. The van der Waals surface area contributed by atoms with E-state index in [1.165, 1.54) is 12.8 Å². The maximum absolute atomic E-state index is 12.5. The Morgan fingerprint density at radius 2 is 1.87 bits per heavy atom. The summed E-state index contributed by atoms with van der Waals surface area (Å²) in [7, 11) is 3.35. The van der Waals surface area contributed by atoms with Crippen LogP contribution in [0.4, 0.5) is 0 Å². The first-order chi connectivity index (χ1) is 14.9. The van der Waals surface area contributed by atoms with Crippen LogP contribution in [0, 0.1) is 11.8 Å². The lowest BCUT2D eigenvalue weighted by Gasteiger charge is -2.28. The Bertz CT molecular complexity index is 842. The largest absolute Gasteiger partial charge is 0.354 e. The van der Waals surface area contributed by atoms with E-state index >= 15 is 0 Å². The van der Waals surface area contributed by atoms with Gasteiger partial charge in [-0.25, -0.2) is 0 Å². The molecular weight excluding hydrogens is 412 g/mol. The highest BCUT2D eigenvalue weighted by Gasteiger charge is 2.28. The van der Waals surface area contributed by atoms with Crippen LogP contribution in [0.15, 0.2) is 36.5 Å². The van der Waals surface area contributed by atoms with Gasteiger partial charge in [-0.05, 0) is 42.5 Å². The third-order valence-corrected chi connectivity index (χ3v) is 6.16. The van der Waals surface area contributed by atoms with Crippen molar-refractivity contribution in [2.24, 2.45) is 18.9 Å². The summed E-state index contributed by atoms with van der Waals surface area (Å²) in [6, 6.07) is 9.65. The van der Waals surface area contributed by atoms with Gasteiger partial charge in [-0.2, -0.15) is 5.10 Å². The van der Waals surface area contributed by atoms with Crippen LogP contribution in [0.2, 0.25) is 5.02 Å². The number of nitrogens with one attached hydrogen (secondary N) is 2. The minimum Gasteiger partial charge on any atom is -0.354 e. The Kier molecular flexibility index (Phi) is 10.0. The second-order valence-electron chi connectivity index (χ2n) is 8.05. The topological polar surface area (TPSA) is 76.0 Å². The molecule has 3 rings (SSSR count). The van der Waals surface area contributed by atoms with Crippen LogP contribution in [0.3, 0.4) is 0 Å². The summed E-state index contributed by atoms with van der Waals surface area (Å²) in [5, 5.41) is 10.4. The number of halogens is 1. The molecule has 170 valence electrons. The quantitative estimate of drug-likeness (QED) is 0.634. The molecule has 1 aromatic heterocycles. The molecule has 0 saturated heterocycles. The normalized spacial score (nSPS) is 14.6. The van der Waals surface area contributed by atoms with Gasteiger partial charge in [0.05, 0.1) is 6.04 Å². The number of aromatic nitrogens is 2.